The van der Waals surface area contributed by atoms with Gasteiger partial charge in [0.1, 0.15) is 0 Å². The van der Waals surface area contributed by atoms with Crippen LogP contribution in [0.1, 0.15) is 71.1 Å². The molecule has 2 unspecified atom stereocenters. The molecule has 90 valence electrons. The summed E-state index contributed by atoms with van der Waals surface area (Å²) in [4.78, 5) is 0. The van der Waals surface area contributed by atoms with Crippen LogP contribution in [-0.2, 0) is 0 Å². The van der Waals surface area contributed by atoms with E-state index in [2.05, 4.69) is 6.92 Å². The Labute approximate surface area is 94.2 Å². The summed E-state index contributed by atoms with van der Waals surface area (Å²) in [7, 11) is 0. The van der Waals surface area contributed by atoms with Gasteiger partial charge >= 0.3 is 0 Å². The fraction of sp³-hybridized carbons (Fsp3) is 1.00. The molecule has 0 saturated heterocycles. The zero-order chi connectivity index (χ0) is 11.1. The second kappa shape index (κ2) is 6.49. The summed E-state index contributed by atoms with van der Waals surface area (Å²) < 4.78 is 0. The van der Waals surface area contributed by atoms with Crippen molar-refractivity contribution < 1.29 is 5.11 Å². The first-order valence-corrected chi connectivity index (χ1v) is 6.64. The maximum atomic E-state index is 10.3. The summed E-state index contributed by atoms with van der Waals surface area (Å²) in [5.74, 6) is 0. The molecule has 1 aliphatic carbocycles. The molecular formula is C13H27NO. The van der Waals surface area contributed by atoms with Gasteiger partial charge < -0.3 is 10.8 Å². The lowest BCUT2D eigenvalue weighted by Gasteiger charge is -2.35. The predicted octanol–water partition coefficient (Wildman–Crippen LogP) is 2.98. The van der Waals surface area contributed by atoms with Crippen LogP contribution in [0.2, 0.25) is 0 Å². The van der Waals surface area contributed by atoms with E-state index in [1.807, 2.05) is 0 Å². The fourth-order valence-corrected chi connectivity index (χ4v) is 2.67. The maximum absolute atomic E-state index is 10.3. The van der Waals surface area contributed by atoms with E-state index in [9.17, 15) is 5.11 Å². The van der Waals surface area contributed by atoms with Gasteiger partial charge in [-0.15, -0.1) is 0 Å². The van der Waals surface area contributed by atoms with Crippen LogP contribution in [0, 0.1) is 0 Å². The van der Waals surface area contributed by atoms with Gasteiger partial charge in [0.25, 0.3) is 0 Å². The van der Waals surface area contributed by atoms with E-state index in [1.54, 1.807) is 0 Å². The Bertz CT molecular complexity index is 172. The van der Waals surface area contributed by atoms with Crippen LogP contribution < -0.4 is 5.73 Å². The van der Waals surface area contributed by atoms with E-state index in [-0.39, 0.29) is 6.04 Å². The van der Waals surface area contributed by atoms with Gasteiger partial charge in [0, 0.05) is 6.04 Å². The molecule has 2 atom stereocenters. The van der Waals surface area contributed by atoms with Gasteiger partial charge in [-0.25, -0.2) is 0 Å². The number of hydrogen-bond donors (Lipinski definition) is 2. The second-order valence-electron chi connectivity index (χ2n) is 5.24. The number of hydrogen-bond acceptors (Lipinski definition) is 2. The highest BCUT2D eigenvalue weighted by atomic mass is 16.3. The Morgan fingerprint density at radius 3 is 2.67 bits per heavy atom. The molecule has 0 aromatic rings. The summed E-state index contributed by atoms with van der Waals surface area (Å²) >= 11 is 0. The van der Waals surface area contributed by atoms with Crippen molar-refractivity contribution in [3.8, 4) is 0 Å². The Morgan fingerprint density at radius 2 is 2.00 bits per heavy atom. The molecule has 0 radical (unpaired) electrons. The number of aliphatic hydroxyl groups is 1. The van der Waals surface area contributed by atoms with Crippen LogP contribution in [-0.4, -0.2) is 16.7 Å². The highest BCUT2D eigenvalue weighted by Crippen LogP contribution is 2.31. The zero-order valence-electron chi connectivity index (χ0n) is 10.2. The monoisotopic (exact) mass is 213 g/mol. The maximum Gasteiger partial charge on any atom is 0.0662 e. The van der Waals surface area contributed by atoms with E-state index < -0.39 is 5.60 Å². The van der Waals surface area contributed by atoms with Crippen LogP contribution >= 0.6 is 0 Å². The number of nitrogens with two attached hydrogens (primary N) is 1. The number of rotatable bonds is 6. The van der Waals surface area contributed by atoms with Crippen LogP contribution in [0.25, 0.3) is 0 Å². The van der Waals surface area contributed by atoms with Crippen molar-refractivity contribution in [3.05, 3.63) is 0 Å². The first-order chi connectivity index (χ1) is 7.16. The molecule has 0 heterocycles. The van der Waals surface area contributed by atoms with E-state index in [0.29, 0.717) is 0 Å². The SMILES string of the molecule is CCCCCCCC1(O)CCCC(N)C1. The van der Waals surface area contributed by atoms with Gasteiger partial charge in [-0.05, 0) is 32.1 Å². The number of unbranched alkanes of at least 4 members (excludes halogenated alkanes) is 4. The fourth-order valence-electron chi connectivity index (χ4n) is 2.67. The Kier molecular flexibility index (Phi) is 5.62. The molecule has 1 aliphatic rings. The van der Waals surface area contributed by atoms with E-state index in [1.165, 1.54) is 32.1 Å². The third-order valence-electron chi connectivity index (χ3n) is 3.60. The van der Waals surface area contributed by atoms with Gasteiger partial charge in [-0.3, -0.25) is 0 Å². The van der Waals surface area contributed by atoms with Crippen LogP contribution in [0.5, 0.6) is 0 Å². The van der Waals surface area contributed by atoms with Crippen molar-refractivity contribution in [3.63, 3.8) is 0 Å². The van der Waals surface area contributed by atoms with E-state index in [0.717, 1.165) is 32.1 Å². The Hall–Kier alpha value is -0.0800. The summed E-state index contributed by atoms with van der Waals surface area (Å²) in [6.07, 6.45) is 11.3. The molecule has 0 amide bonds. The van der Waals surface area contributed by atoms with Gasteiger partial charge in [0.05, 0.1) is 5.60 Å². The predicted molar refractivity (Wildman–Crippen MR) is 64.8 cm³/mol. The third kappa shape index (κ3) is 4.98. The van der Waals surface area contributed by atoms with Crippen molar-refractivity contribution in [2.24, 2.45) is 5.73 Å². The highest BCUT2D eigenvalue weighted by Gasteiger charge is 2.31. The van der Waals surface area contributed by atoms with Gasteiger partial charge in [-0.1, -0.05) is 39.0 Å². The molecule has 3 N–H and O–H groups in total. The Balaban J connectivity index is 2.12. The van der Waals surface area contributed by atoms with Gasteiger partial charge in [-0.2, -0.15) is 0 Å². The van der Waals surface area contributed by atoms with Crippen molar-refractivity contribution >= 4 is 0 Å². The van der Waals surface area contributed by atoms with Crippen LogP contribution in [0.3, 0.4) is 0 Å². The summed E-state index contributed by atoms with van der Waals surface area (Å²) in [6.45, 7) is 2.23. The smallest absolute Gasteiger partial charge is 0.0662 e. The lowest BCUT2D eigenvalue weighted by atomic mass is 9.79. The van der Waals surface area contributed by atoms with Crippen LogP contribution in [0.15, 0.2) is 0 Å². The van der Waals surface area contributed by atoms with Crippen molar-refractivity contribution in [2.45, 2.75) is 82.8 Å². The molecule has 0 spiro atoms. The van der Waals surface area contributed by atoms with Gasteiger partial charge in [0.15, 0.2) is 0 Å². The molecule has 0 aromatic carbocycles. The lowest BCUT2D eigenvalue weighted by Crippen LogP contribution is -2.41. The minimum absolute atomic E-state index is 0.236. The topological polar surface area (TPSA) is 46.2 Å². The minimum Gasteiger partial charge on any atom is -0.390 e. The van der Waals surface area contributed by atoms with Crippen molar-refractivity contribution in [1.82, 2.24) is 0 Å². The van der Waals surface area contributed by atoms with E-state index >= 15 is 0 Å². The largest absolute Gasteiger partial charge is 0.390 e. The summed E-state index contributed by atoms with van der Waals surface area (Å²) in [5.41, 5.74) is 5.48. The normalized spacial score (nSPS) is 31.8. The van der Waals surface area contributed by atoms with Crippen LogP contribution in [0.4, 0.5) is 0 Å². The average molecular weight is 213 g/mol. The first kappa shape index (κ1) is 13.0. The highest BCUT2D eigenvalue weighted by molar-refractivity contribution is 4.87. The molecule has 2 heteroatoms. The lowest BCUT2D eigenvalue weighted by molar-refractivity contribution is -0.0119. The molecule has 15 heavy (non-hydrogen) atoms. The minimum atomic E-state index is -0.427. The van der Waals surface area contributed by atoms with E-state index in [4.69, 9.17) is 5.73 Å². The summed E-state index contributed by atoms with van der Waals surface area (Å²) in [6, 6.07) is 0.236. The molecule has 2 nitrogen and oxygen atoms in total. The second-order valence-corrected chi connectivity index (χ2v) is 5.24. The average Bonchev–Trinajstić information content (AvgIpc) is 2.17. The van der Waals surface area contributed by atoms with Gasteiger partial charge in [0.2, 0.25) is 0 Å². The molecule has 0 aromatic heterocycles. The quantitative estimate of drug-likeness (QED) is 0.666. The Morgan fingerprint density at radius 1 is 1.27 bits per heavy atom. The molecule has 0 aliphatic heterocycles. The molecular weight excluding hydrogens is 186 g/mol. The summed E-state index contributed by atoms with van der Waals surface area (Å²) in [5, 5.41) is 10.3. The molecule has 1 fully saturated rings. The first-order valence-electron chi connectivity index (χ1n) is 6.64. The molecule has 1 rings (SSSR count). The zero-order valence-corrected chi connectivity index (χ0v) is 10.2. The third-order valence-corrected chi connectivity index (χ3v) is 3.60. The molecule has 1 saturated carbocycles. The van der Waals surface area contributed by atoms with Crippen molar-refractivity contribution in [2.75, 3.05) is 0 Å². The van der Waals surface area contributed by atoms with Crippen molar-refractivity contribution in [1.29, 1.82) is 0 Å². The molecule has 0 bridgehead atoms. The standard InChI is InChI=1S/C13H27NO/c1-2-3-4-5-6-9-13(15)10-7-8-12(14)11-13/h12,15H,2-11,14H2,1H3.